The van der Waals surface area contributed by atoms with Crippen LogP contribution in [0.1, 0.15) is 49.5 Å². The van der Waals surface area contributed by atoms with Gasteiger partial charge in [-0.2, -0.15) is 4.98 Å². The SMILES string of the molecule is Cc1ccc(C)c(O[C@@H](C)C(=O)N(C)CCc2noc(C(C)C)n2)c1. The molecular weight excluding hydrogens is 318 g/mol. The van der Waals surface area contributed by atoms with E-state index >= 15 is 0 Å². The molecule has 0 spiro atoms. The van der Waals surface area contributed by atoms with E-state index in [1.54, 1.807) is 18.9 Å². The number of rotatable bonds is 7. The molecule has 2 rings (SSSR count). The molecule has 1 aromatic carbocycles. The molecule has 2 aromatic rings. The molecule has 1 amide bonds. The molecule has 0 aliphatic carbocycles. The molecule has 136 valence electrons. The summed E-state index contributed by atoms with van der Waals surface area (Å²) in [6.07, 6.45) is -0.00346. The Morgan fingerprint density at radius 2 is 2.00 bits per heavy atom. The van der Waals surface area contributed by atoms with Gasteiger partial charge in [-0.05, 0) is 38.0 Å². The predicted octanol–water partition coefficient (Wildman–Crippen LogP) is 3.28. The van der Waals surface area contributed by atoms with Gasteiger partial charge in [0.05, 0.1) is 0 Å². The van der Waals surface area contributed by atoms with Crippen molar-refractivity contribution < 1.29 is 14.1 Å². The normalized spacial score (nSPS) is 12.3. The standard InChI is InChI=1S/C19H27N3O3/c1-12(2)18-20-17(21-25-18)9-10-22(6)19(23)15(5)24-16-11-13(3)7-8-14(16)4/h7-8,11-12,15H,9-10H2,1-6H3/t15-/m0/s1. The molecule has 1 atom stereocenters. The number of aryl methyl sites for hydroxylation is 2. The van der Waals surface area contributed by atoms with Gasteiger partial charge in [-0.1, -0.05) is 31.1 Å². The van der Waals surface area contributed by atoms with Crippen LogP contribution in [-0.4, -0.2) is 40.6 Å². The fourth-order valence-electron chi connectivity index (χ4n) is 2.37. The zero-order chi connectivity index (χ0) is 18.6. The molecule has 25 heavy (non-hydrogen) atoms. The van der Waals surface area contributed by atoms with E-state index < -0.39 is 6.10 Å². The van der Waals surface area contributed by atoms with Gasteiger partial charge in [0.25, 0.3) is 5.91 Å². The third kappa shape index (κ3) is 5.05. The van der Waals surface area contributed by atoms with Crippen molar-refractivity contribution in [2.45, 2.75) is 53.1 Å². The van der Waals surface area contributed by atoms with Gasteiger partial charge in [-0.3, -0.25) is 4.79 Å². The van der Waals surface area contributed by atoms with Crippen LogP contribution in [0, 0.1) is 13.8 Å². The molecule has 0 saturated carbocycles. The Labute approximate surface area is 149 Å². The number of benzene rings is 1. The summed E-state index contributed by atoms with van der Waals surface area (Å²) in [6.45, 7) is 10.3. The molecule has 0 saturated heterocycles. The number of hydrogen-bond acceptors (Lipinski definition) is 5. The van der Waals surface area contributed by atoms with Gasteiger partial charge < -0.3 is 14.2 Å². The van der Waals surface area contributed by atoms with Crippen molar-refractivity contribution in [3.8, 4) is 5.75 Å². The highest BCUT2D eigenvalue weighted by Crippen LogP contribution is 2.21. The first-order chi connectivity index (χ1) is 11.8. The van der Waals surface area contributed by atoms with Crippen molar-refractivity contribution in [3.05, 3.63) is 41.0 Å². The van der Waals surface area contributed by atoms with Crippen LogP contribution in [0.15, 0.2) is 22.7 Å². The van der Waals surface area contributed by atoms with Gasteiger partial charge in [0.1, 0.15) is 5.75 Å². The maximum Gasteiger partial charge on any atom is 0.263 e. The maximum atomic E-state index is 12.5. The minimum atomic E-state index is -0.554. The van der Waals surface area contributed by atoms with Gasteiger partial charge in [-0.25, -0.2) is 0 Å². The minimum absolute atomic E-state index is 0.0755. The summed E-state index contributed by atoms with van der Waals surface area (Å²) < 4.78 is 11.0. The molecule has 0 aliphatic rings. The number of carbonyl (C=O) groups is 1. The molecule has 0 N–H and O–H groups in total. The molecular formula is C19H27N3O3. The van der Waals surface area contributed by atoms with Crippen LogP contribution in [0.25, 0.3) is 0 Å². The average molecular weight is 345 g/mol. The summed E-state index contributed by atoms with van der Waals surface area (Å²) in [7, 11) is 1.76. The quantitative estimate of drug-likeness (QED) is 0.770. The smallest absolute Gasteiger partial charge is 0.263 e. The highest BCUT2D eigenvalue weighted by Gasteiger charge is 2.20. The monoisotopic (exact) mass is 345 g/mol. The lowest BCUT2D eigenvalue weighted by atomic mass is 10.1. The van der Waals surface area contributed by atoms with Gasteiger partial charge in [0, 0.05) is 25.9 Å². The van der Waals surface area contributed by atoms with E-state index in [0.29, 0.717) is 24.7 Å². The van der Waals surface area contributed by atoms with Crippen LogP contribution < -0.4 is 4.74 Å². The van der Waals surface area contributed by atoms with E-state index in [1.165, 1.54) is 0 Å². The zero-order valence-corrected chi connectivity index (χ0v) is 15.9. The number of nitrogens with zero attached hydrogens (tertiary/aromatic N) is 3. The summed E-state index contributed by atoms with van der Waals surface area (Å²) in [6, 6.07) is 5.97. The first-order valence-corrected chi connectivity index (χ1v) is 8.59. The van der Waals surface area contributed by atoms with Crippen LogP contribution in [-0.2, 0) is 11.2 Å². The van der Waals surface area contributed by atoms with Crippen molar-refractivity contribution >= 4 is 5.91 Å². The summed E-state index contributed by atoms with van der Waals surface area (Å²) in [5, 5.41) is 3.95. The van der Waals surface area contributed by atoms with Gasteiger partial charge in [-0.15, -0.1) is 0 Å². The number of ether oxygens (including phenoxy) is 1. The van der Waals surface area contributed by atoms with E-state index in [4.69, 9.17) is 9.26 Å². The minimum Gasteiger partial charge on any atom is -0.481 e. The first kappa shape index (κ1) is 19.0. The van der Waals surface area contributed by atoms with Crippen molar-refractivity contribution in [2.75, 3.05) is 13.6 Å². The molecule has 1 aromatic heterocycles. The fourth-order valence-corrected chi connectivity index (χ4v) is 2.37. The zero-order valence-electron chi connectivity index (χ0n) is 15.9. The second-order valence-electron chi connectivity index (χ2n) is 6.74. The number of hydrogen-bond donors (Lipinski definition) is 0. The van der Waals surface area contributed by atoms with Gasteiger partial charge in [0.2, 0.25) is 5.89 Å². The van der Waals surface area contributed by atoms with Crippen LogP contribution in [0.5, 0.6) is 5.75 Å². The molecule has 0 bridgehead atoms. The molecule has 0 unspecified atom stereocenters. The maximum absolute atomic E-state index is 12.5. The van der Waals surface area contributed by atoms with E-state index in [1.807, 2.05) is 45.9 Å². The van der Waals surface area contributed by atoms with Crippen molar-refractivity contribution in [1.82, 2.24) is 15.0 Å². The highest BCUT2D eigenvalue weighted by atomic mass is 16.5. The second kappa shape index (κ2) is 8.14. The fraction of sp³-hybridized carbons (Fsp3) is 0.526. The summed E-state index contributed by atoms with van der Waals surface area (Å²) in [5.74, 6) is 2.11. The average Bonchev–Trinajstić information content (AvgIpc) is 3.04. The van der Waals surface area contributed by atoms with E-state index in [2.05, 4.69) is 10.1 Å². The Morgan fingerprint density at radius 3 is 2.64 bits per heavy atom. The Balaban J connectivity index is 1.90. The Bertz CT molecular complexity index is 724. The number of likely N-dealkylation sites (N-methyl/N-ethyl adjacent to an activating group) is 1. The van der Waals surface area contributed by atoms with Crippen LogP contribution in [0.2, 0.25) is 0 Å². The third-order valence-electron chi connectivity index (χ3n) is 4.02. The summed E-state index contributed by atoms with van der Waals surface area (Å²) in [4.78, 5) is 18.5. The molecule has 6 nitrogen and oxygen atoms in total. The Morgan fingerprint density at radius 1 is 1.28 bits per heavy atom. The second-order valence-corrected chi connectivity index (χ2v) is 6.74. The van der Waals surface area contributed by atoms with Crippen LogP contribution in [0.3, 0.4) is 0 Å². The largest absolute Gasteiger partial charge is 0.481 e. The van der Waals surface area contributed by atoms with Gasteiger partial charge in [0.15, 0.2) is 11.9 Å². The predicted molar refractivity (Wildman–Crippen MR) is 95.7 cm³/mol. The van der Waals surface area contributed by atoms with E-state index in [-0.39, 0.29) is 11.8 Å². The summed E-state index contributed by atoms with van der Waals surface area (Å²) in [5.41, 5.74) is 2.12. The van der Waals surface area contributed by atoms with E-state index in [0.717, 1.165) is 16.9 Å². The lowest BCUT2D eigenvalue weighted by molar-refractivity contribution is -0.136. The number of aromatic nitrogens is 2. The molecule has 0 radical (unpaired) electrons. The summed E-state index contributed by atoms with van der Waals surface area (Å²) >= 11 is 0. The highest BCUT2D eigenvalue weighted by molar-refractivity contribution is 5.80. The molecule has 6 heteroatoms. The van der Waals surface area contributed by atoms with Crippen molar-refractivity contribution in [1.29, 1.82) is 0 Å². The Hall–Kier alpha value is -2.37. The van der Waals surface area contributed by atoms with Crippen molar-refractivity contribution in [2.24, 2.45) is 0 Å². The van der Waals surface area contributed by atoms with Gasteiger partial charge >= 0.3 is 0 Å². The lowest BCUT2D eigenvalue weighted by Crippen LogP contribution is -2.39. The van der Waals surface area contributed by atoms with Crippen LogP contribution in [0.4, 0.5) is 0 Å². The molecule has 1 heterocycles. The first-order valence-electron chi connectivity index (χ1n) is 8.59. The van der Waals surface area contributed by atoms with E-state index in [9.17, 15) is 4.79 Å². The van der Waals surface area contributed by atoms with Crippen molar-refractivity contribution in [3.63, 3.8) is 0 Å². The third-order valence-corrected chi connectivity index (χ3v) is 4.02. The number of amides is 1. The Kier molecular flexibility index (Phi) is 6.17. The molecule has 0 aliphatic heterocycles. The molecule has 0 fully saturated rings. The van der Waals surface area contributed by atoms with Crippen LogP contribution >= 0.6 is 0 Å². The topological polar surface area (TPSA) is 68.5 Å². The number of carbonyl (C=O) groups excluding carboxylic acids is 1. The lowest BCUT2D eigenvalue weighted by Gasteiger charge is -2.22.